The van der Waals surface area contributed by atoms with Crippen molar-refractivity contribution in [3.05, 3.63) is 200 Å². The monoisotopic (exact) mass is 767 g/mol. The van der Waals surface area contributed by atoms with Gasteiger partial charge in [-0.05, 0) is 99.8 Å². The lowest BCUT2D eigenvalue weighted by atomic mass is 9.99. The summed E-state index contributed by atoms with van der Waals surface area (Å²) in [7, 11) is 0. The number of fused-ring (bicyclic) bond motifs is 7. The summed E-state index contributed by atoms with van der Waals surface area (Å²) in [5.74, 6) is 1.73. The molecule has 0 aliphatic carbocycles. The lowest BCUT2D eigenvalue weighted by Gasteiger charge is -2.12. The highest BCUT2D eigenvalue weighted by molar-refractivity contribution is 6.12. The van der Waals surface area contributed by atoms with Crippen LogP contribution in [0.15, 0.2) is 205 Å². The van der Waals surface area contributed by atoms with Gasteiger partial charge >= 0.3 is 0 Å². The SMILES string of the molecule is c1ccc(-c2ccc(-c3nc(-c4ccc(-n5c6ccccc6c6cc(-c7ccc8ccccc8c7)ccc65)cc4)nc(-c4cccc5oc6ncccc6c45)n3)cc2)cc1. The van der Waals surface area contributed by atoms with Crippen LogP contribution in [0.4, 0.5) is 0 Å². The highest BCUT2D eigenvalue weighted by Gasteiger charge is 2.19. The maximum atomic E-state index is 6.17. The Morgan fingerprint density at radius 1 is 0.383 bits per heavy atom. The van der Waals surface area contributed by atoms with Crippen LogP contribution in [0.3, 0.4) is 0 Å². The van der Waals surface area contributed by atoms with Gasteiger partial charge in [-0.1, -0.05) is 127 Å². The number of nitrogens with zero attached hydrogens (tertiary/aromatic N) is 5. The van der Waals surface area contributed by atoms with Crippen LogP contribution in [0.5, 0.6) is 0 Å². The second-order valence-corrected chi connectivity index (χ2v) is 15.1. The fourth-order valence-corrected chi connectivity index (χ4v) is 8.60. The van der Waals surface area contributed by atoms with Crippen molar-refractivity contribution in [1.82, 2.24) is 24.5 Å². The molecule has 0 unspecified atom stereocenters. The molecular formula is C54H33N5O. The fraction of sp³-hybridized carbons (Fsp3) is 0. The molecule has 60 heavy (non-hydrogen) atoms. The first-order valence-electron chi connectivity index (χ1n) is 20.0. The van der Waals surface area contributed by atoms with E-state index in [1.807, 2.05) is 36.4 Å². The maximum absolute atomic E-state index is 6.17. The molecule has 0 aliphatic rings. The largest absolute Gasteiger partial charge is 0.438 e. The Balaban J connectivity index is 0.979. The van der Waals surface area contributed by atoms with Crippen molar-refractivity contribution in [3.63, 3.8) is 0 Å². The zero-order valence-electron chi connectivity index (χ0n) is 32.2. The van der Waals surface area contributed by atoms with E-state index >= 15 is 0 Å². The molecule has 0 fully saturated rings. The first kappa shape index (κ1) is 33.9. The molecule has 8 aromatic carbocycles. The van der Waals surface area contributed by atoms with Crippen LogP contribution in [0.1, 0.15) is 0 Å². The molecule has 6 nitrogen and oxygen atoms in total. The average molecular weight is 768 g/mol. The number of rotatable bonds is 6. The minimum Gasteiger partial charge on any atom is -0.438 e. The van der Waals surface area contributed by atoms with Crippen molar-refractivity contribution < 1.29 is 4.42 Å². The molecule has 4 aromatic heterocycles. The Hall–Kier alpha value is -8.22. The van der Waals surface area contributed by atoms with E-state index in [1.54, 1.807) is 6.20 Å². The molecule has 0 saturated heterocycles. The first-order valence-corrected chi connectivity index (χ1v) is 20.0. The van der Waals surface area contributed by atoms with Crippen LogP contribution in [0.2, 0.25) is 0 Å². The predicted octanol–water partition coefficient (Wildman–Crippen LogP) is 13.8. The maximum Gasteiger partial charge on any atom is 0.227 e. The quantitative estimate of drug-likeness (QED) is 0.168. The van der Waals surface area contributed by atoms with E-state index in [0.717, 1.165) is 60.9 Å². The topological polar surface area (TPSA) is 69.6 Å². The number of para-hydroxylation sites is 1. The summed E-state index contributed by atoms with van der Waals surface area (Å²) in [5, 5.41) is 6.74. The van der Waals surface area contributed by atoms with Crippen molar-refractivity contribution in [2.24, 2.45) is 0 Å². The van der Waals surface area contributed by atoms with Crippen LogP contribution < -0.4 is 0 Å². The van der Waals surface area contributed by atoms with Crippen LogP contribution in [-0.4, -0.2) is 24.5 Å². The Morgan fingerprint density at radius 3 is 1.83 bits per heavy atom. The minimum atomic E-state index is 0.563. The van der Waals surface area contributed by atoms with Crippen molar-refractivity contribution in [2.45, 2.75) is 0 Å². The van der Waals surface area contributed by atoms with Crippen LogP contribution in [0.25, 0.3) is 117 Å². The predicted molar refractivity (Wildman–Crippen MR) is 244 cm³/mol. The van der Waals surface area contributed by atoms with Gasteiger partial charge in [0.2, 0.25) is 5.71 Å². The smallest absolute Gasteiger partial charge is 0.227 e. The van der Waals surface area contributed by atoms with E-state index in [-0.39, 0.29) is 0 Å². The zero-order chi connectivity index (χ0) is 39.6. The standard InChI is InChI=1S/C54H33N5O/c1-2-10-34(11-3-1)36-19-22-37(23-20-36)51-56-52(58-53(57-51)44-15-8-18-49-50(44)45-16-9-31-55-54(45)60-49)38-25-28-42(29-26-38)59-47-17-7-6-14-43(47)46-33-41(27-30-48(46)59)40-24-21-35-12-4-5-13-39(35)32-40/h1-33H. The van der Waals surface area contributed by atoms with E-state index in [2.05, 4.69) is 167 Å². The lowest BCUT2D eigenvalue weighted by Crippen LogP contribution is -2.01. The molecule has 12 rings (SSSR count). The van der Waals surface area contributed by atoms with Crippen molar-refractivity contribution >= 4 is 54.6 Å². The van der Waals surface area contributed by atoms with Gasteiger partial charge in [0.05, 0.1) is 11.0 Å². The number of hydrogen-bond donors (Lipinski definition) is 0. The van der Waals surface area contributed by atoms with Gasteiger partial charge in [0, 0.05) is 50.1 Å². The van der Waals surface area contributed by atoms with E-state index < -0.39 is 0 Å². The molecule has 0 aliphatic heterocycles. The third kappa shape index (κ3) is 5.65. The van der Waals surface area contributed by atoms with Gasteiger partial charge in [0.15, 0.2) is 17.5 Å². The molecule has 0 saturated carbocycles. The minimum absolute atomic E-state index is 0.563. The summed E-state index contributed by atoms with van der Waals surface area (Å²) in [5.41, 5.74) is 12.0. The van der Waals surface area contributed by atoms with Gasteiger partial charge < -0.3 is 8.98 Å². The van der Waals surface area contributed by atoms with Crippen LogP contribution in [-0.2, 0) is 0 Å². The molecule has 0 bridgehead atoms. The van der Waals surface area contributed by atoms with Gasteiger partial charge in [0.1, 0.15) is 5.58 Å². The third-order valence-corrected chi connectivity index (χ3v) is 11.5. The lowest BCUT2D eigenvalue weighted by molar-refractivity contribution is 0.654. The summed E-state index contributed by atoms with van der Waals surface area (Å²) >= 11 is 0. The van der Waals surface area contributed by atoms with Gasteiger partial charge in [-0.2, -0.15) is 0 Å². The van der Waals surface area contributed by atoms with Crippen molar-refractivity contribution in [3.8, 4) is 62.1 Å². The molecule has 0 amide bonds. The van der Waals surface area contributed by atoms with Gasteiger partial charge in [-0.15, -0.1) is 0 Å². The Kier molecular flexibility index (Phi) is 7.74. The van der Waals surface area contributed by atoms with Crippen LogP contribution in [0, 0.1) is 0 Å². The number of pyridine rings is 1. The Labute approximate surface area is 344 Å². The second kappa shape index (κ2) is 13.7. The molecule has 0 N–H and O–H groups in total. The van der Waals surface area contributed by atoms with Crippen molar-refractivity contribution in [2.75, 3.05) is 0 Å². The van der Waals surface area contributed by atoms with Gasteiger partial charge in [-0.3, -0.25) is 0 Å². The Morgan fingerprint density at radius 2 is 1.00 bits per heavy atom. The highest BCUT2D eigenvalue weighted by Crippen LogP contribution is 2.38. The van der Waals surface area contributed by atoms with E-state index in [9.17, 15) is 0 Å². The molecular weight excluding hydrogens is 735 g/mol. The summed E-state index contributed by atoms with van der Waals surface area (Å²) in [6.07, 6.45) is 1.75. The Bertz CT molecular complexity index is 3590. The molecule has 4 heterocycles. The molecule has 280 valence electrons. The molecule has 0 atom stereocenters. The molecule has 0 spiro atoms. The molecule has 6 heteroatoms. The normalized spacial score (nSPS) is 11.7. The molecule has 0 radical (unpaired) electrons. The van der Waals surface area contributed by atoms with E-state index in [4.69, 9.17) is 19.4 Å². The summed E-state index contributed by atoms with van der Waals surface area (Å²) in [4.78, 5) is 19.9. The van der Waals surface area contributed by atoms with Gasteiger partial charge in [0.25, 0.3) is 0 Å². The summed E-state index contributed by atoms with van der Waals surface area (Å²) < 4.78 is 8.51. The zero-order valence-corrected chi connectivity index (χ0v) is 32.2. The van der Waals surface area contributed by atoms with Crippen LogP contribution >= 0.6 is 0 Å². The first-order chi connectivity index (χ1) is 29.7. The second-order valence-electron chi connectivity index (χ2n) is 15.1. The van der Waals surface area contributed by atoms with E-state index in [0.29, 0.717) is 23.2 Å². The van der Waals surface area contributed by atoms with E-state index in [1.165, 1.54) is 32.7 Å². The fourth-order valence-electron chi connectivity index (χ4n) is 8.60. The summed E-state index contributed by atoms with van der Waals surface area (Å²) in [6, 6.07) is 67.9. The summed E-state index contributed by atoms with van der Waals surface area (Å²) in [6.45, 7) is 0. The number of benzene rings is 8. The highest BCUT2D eigenvalue weighted by atomic mass is 16.3. The average Bonchev–Trinajstić information content (AvgIpc) is 3.87. The molecule has 12 aromatic rings. The van der Waals surface area contributed by atoms with Gasteiger partial charge in [-0.25, -0.2) is 19.9 Å². The number of hydrogen-bond acceptors (Lipinski definition) is 5. The number of aromatic nitrogens is 5. The number of furan rings is 1. The van der Waals surface area contributed by atoms with Crippen molar-refractivity contribution in [1.29, 1.82) is 0 Å². The third-order valence-electron chi connectivity index (χ3n) is 11.5.